The van der Waals surface area contributed by atoms with Gasteiger partial charge in [0.05, 0.1) is 13.2 Å². The fourth-order valence-corrected chi connectivity index (χ4v) is 4.27. The second-order valence-corrected chi connectivity index (χ2v) is 7.54. The van der Waals surface area contributed by atoms with Crippen LogP contribution in [0.5, 0.6) is 0 Å². The summed E-state index contributed by atoms with van der Waals surface area (Å²) in [5.41, 5.74) is 0.401. The normalized spacial score (nSPS) is 30.4. The minimum Gasteiger partial charge on any atom is -0.379 e. The van der Waals surface area contributed by atoms with E-state index in [1.807, 2.05) is 12.4 Å². The van der Waals surface area contributed by atoms with Gasteiger partial charge < -0.3 is 19.4 Å². The third kappa shape index (κ3) is 3.38. The van der Waals surface area contributed by atoms with Gasteiger partial charge in [-0.05, 0) is 25.7 Å². The lowest BCUT2D eigenvalue weighted by atomic mass is 9.93. The Morgan fingerprint density at radius 2 is 2.12 bits per heavy atom. The Hall–Kier alpha value is -0.950. The monoisotopic (exact) mass is 334 g/mol. The molecule has 1 aliphatic carbocycles. The molecule has 0 bridgehead atoms. The zero-order chi connectivity index (χ0) is 16.4. The number of aryl methyl sites for hydroxylation is 1. The Morgan fingerprint density at radius 1 is 1.29 bits per heavy atom. The Morgan fingerprint density at radius 3 is 2.83 bits per heavy atom. The summed E-state index contributed by atoms with van der Waals surface area (Å²) in [5.74, 6) is 1.58. The Bertz CT molecular complexity index is 537. The number of hydrogen-bond donors (Lipinski definition) is 1. The lowest BCUT2D eigenvalue weighted by Gasteiger charge is -2.36. The van der Waals surface area contributed by atoms with Gasteiger partial charge in [0.2, 0.25) is 0 Å². The smallest absolute Gasteiger partial charge is 0.137 e. The molecule has 2 aliphatic heterocycles. The molecule has 0 amide bonds. The highest BCUT2D eigenvalue weighted by molar-refractivity contribution is 5.06. The molecule has 1 aromatic heterocycles. The maximum atomic E-state index is 6.08. The number of morpholine rings is 1. The first-order chi connectivity index (χ1) is 11.8. The highest BCUT2D eigenvalue weighted by atomic mass is 16.5. The number of nitrogens with zero attached hydrogens (tertiary/aromatic N) is 3. The lowest BCUT2D eigenvalue weighted by molar-refractivity contribution is -0.0355. The summed E-state index contributed by atoms with van der Waals surface area (Å²) >= 11 is 0. The zero-order valence-electron chi connectivity index (χ0n) is 14.7. The van der Waals surface area contributed by atoms with Gasteiger partial charge in [-0.25, -0.2) is 4.98 Å². The van der Waals surface area contributed by atoms with Gasteiger partial charge in [-0.3, -0.25) is 4.90 Å². The third-order valence-electron chi connectivity index (χ3n) is 5.93. The van der Waals surface area contributed by atoms with Crippen molar-refractivity contribution >= 4 is 0 Å². The number of aromatic nitrogens is 2. The molecule has 6 heteroatoms. The van der Waals surface area contributed by atoms with Crippen molar-refractivity contribution in [3.8, 4) is 0 Å². The fourth-order valence-electron chi connectivity index (χ4n) is 4.27. The molecule has 0 spiro atoms. The second kappa shape index (κ2) is 7.12. The topological polar surface area (TPSA) is 51.5 Å². The van der Waals surface area contributed by atoms with Crippen LogP contribution in [0.3, 0.4) is 0 Å². The van der Waals surface area contributed by atoms with E-state index in [2.05, 4.69) is 26.8 Å². The summed E-state index contributed by atoms with van der Waals surface area (Å²) in [5, 5.41) is 3.77. The van der Waals surface area contributed by atoms with Crippen molar-refractivity contribution in [3.63, 3.8) is 0 Å². The summed E-state index contributed by atoms with van der Waals surface area (Å²) in [4.78, 5) is 7.16. The molecule has 4 rings (SSSR count). The number of imidazole rings is 1. The minimum atomic E-state index is 0.129. The van der Waals surface area contributed by atoms with E-state index in [-0.39, 0.29) is 6.10 Å². The van der Waals surface area contributed by atoms with Crippen molar-refractivity contribution in [2.24, 2.45) is 13.0 Å². The zero-order valence-corrected chi connectivity index (χ0v) is 14.7. The van der Waals surface area contributed by atoms with Gasteiger partial charge in [0.15, 0.2) is 0 Å². The van der Waals surface area contributed by atoms with Gasteiger partial charge in [0, 0.05) is 63.7 Å². The van der Waals surface area contributed by atoms with Gasteiger partial charge in [0.1, 0.15) is 11.9 Å². The van der Waals surface area contributed by atoms with Crippen LogP contribution in [0, 0.1) is 5.92 Å². The number of ether oxygens (including phenoxy) is 2. The van der Waals surface area contributed by atoms with Crippen LogP contribution in [-0.4, -0.2) is 66.0 Å². The molecule has 1 aromatic rings. The summed E-state index contributed by atoms with van der Waals surface area (Å²) in [7, 11) is 2.06. The van der Waals surface area contributed by atoms with Gasteiger partial charge >= 0.3 is 0 Å². The Kier molecular flexibility index (Phi) is 4.90. The molecule has 0 radical (unpaired) electrons. The number of hydrogen-bond acceptors (Lipinski definition) is 5. The van der Waals surface area contributed by atoms with E-state index in [0.717, 1.165) is 58.2 Å². The third-order valence-corrected chi connectivity index (χ3v) is 5.93. The Labute approximate surface area is 144 Å². The van der Waals surface area contributed by atoms with Gasteiger partial charge in [-0.15, -0.1) is 0 Å². The van der Waals surface area contributed by atoms with E-state index in [0.29, 0.717) is 11.5 Å². The number of rotatable bonds is 6. The van der Waals surface area contributed by atoms with Crippen LogP contribution in [0.15, 0.2) is 12.4 Å². The van der Waals surface area contributed by atoms with Crippen molar-refractivity contribution in [3.05, 3.63) is 18.2 Å². The van der Waals surface area contributed by atoms with E-state index in [9.17, 15) is 0 Å². The summed E-state index contributed by atoms with van der Waals surface area (Å²) in [6.45, 7) is 6.92. The average Bonchev–Trinajstić information content (AvgIpc) is 3.30. The van der Waals surface area contributed by atoms with Crippen LogP contribution in [0.25, 0.3) is 0 Å². The molecule has 3 heterocycles. The molecule has 2 atom stereocenters. The standard InChI is InChI=1S/C18H30N4O2/c1-21-7-6-20-17(21)16-15(3-2-10-24-16)13-19-14-18(4-5-18)22-8-11-23-12-9-22/h6-7,15-16,19H,2-5,8-14H2,1H3/t15-,16+/m0/s1. The first-order valence-electron chi connectivity index (χ1n) is 9.41. The molecular weight excluding hydrogens is 304 g/mol. The van der Waals surface area contributed by atoms with Crippen LogP contribution in [-0.2, 0) is 16.5 Å². The molecule has 134 valence electrons. The summed E-state index contributed by atoms with van der Waals surface area (Å²) in [6, 6.07) is 0. The largest absolute Gasteiger partial charge is 0.379 e. The van der Waals surface area contributed by atoms with E-state index in [1.165, 1.54) is 19.3 Å². The van der Waals surface area contributed by atoms with Crippen molar-refractivity contribution in [2.45, 2.75) is 37.3 Å². The van der Waals surface area contributed by atoms with Crippen molar-refractivity contribution < 1.29 is 9.47 Å². The molecule has 2 saturated heterocycles. The van der Waals surface area contributed by atoms with Crippen molar-refractivity contribution in [1.29, 1.82) is 0 Å². The molecule has 1 N–H and O–H groups in total. The molecule has 3 aliphatic rings. The Balaban J connectivity index is 1.32. The quantitative estimate of drug-likeness (QED) is 0.851. The van der Waals surface area contributed by atoms with Crippen molar-refractivity contribution in [2.75, 3.05) is 46.0 Å². The van der Waals surface area contributed by atoms with E-state index < -0.39 is 0 Å². The maximum Gasteiger partial charge on any atom is 0.137 e. The van der Waals surface area contributed by atoms with E-state index >= 15 is 0 Å². The van der Waals surface area contributed by atoms with Gasteiger partial charge in [-0.1, -0.05) is 0 Å². The van der Waals surface area contributed by atoms with Crippen molar-refractivity contribution in [1.82, 2.24) is 19.8 Å². The highest BCUT2D eigenvalue weighted by Crippen LogP contribution is 2.41. The summed E-state index contributed by atoms with van der Waals surface area (Å²) in [6.07, 6.45) is 9.03. The molecule has 3 fully saturated rings. The number of nitrogens with one attached hydrogen (secondary N) is 1. The van der Waals surface area contributed by atoms with Crippen LogP contribution in [0.4, 0.5) is 0 Å². The molecular formula is C18H30N4O2. The highest BCUT2D eigenvalue weighted by Gasteiger charge is 2.47. The summed E-state index contributed by atoms with van der Waals surface area (Å²) < 4.78 is 13.7. The predicted octanol–water partition coefficient (Wildman–Crippen LogP) is 1.34. The van der Waals surface area contributed by atoms with E-state index in [4.69, 9.17) is 9.47 Å². The van der Waals surface area contributed by atoms with Crippen LogP contribution in [0.1, 0.15) is 37.6 Å². The lowest BCUT2D eigenvalue weighted by Crippen LogP contribution is -2.50. The molecule has 6 nitrogen and oxygen atoms in total. The molecule has 24 heavy (non-hydrogen) atoms. The maximum absolute atomic E-state index is 6.08. The fraction of sp³-hybridized carbons (Fsp3) is 0.833. The van der Waals surface area contributed by atoms with Crippen LogP contribution < -0.4 is 5.32 Å². The van der Waals surface area contributed by atoms with Crippen LogP contribution >= 0.6 is 0 Å². The second-order valence-electron chi connectivity index (χ2n) is 7.54. The average molecular weight is 334 g/mol. The molecule has 0 aromatic carbocycles. The first kappa shape index (κ1) is 16.5. The van der Waals surface area contributed by atoms with Gasteiger partial charge in [-0.2, -0.15) is 0 Å². The molecule has 1 saturated carbocycles. The SMILES string of the molecule is Cn1ccnc1[C@@H]1OCCC[C@H]1CNCC1(N2CCOCC2)CC1. The minimum absolute atomic E-state index is 0.129. The van der Waals surface area contributed by atoms with E-state index in [1.54, 1.807) is 0 Å². The van der Waals surface area contributed by atoms with Crippen LogP contribution in [0.2, 0.25) is 0 Å². The van der Waals surface area contributed by atoms with Gasteiger partial charge in [0.25, 0.3) is 0 Å². The first-order valence-corrected chi connectivity index (χ1v) is 9.41. The predicted molar refractivity (Wildman–Crippen MR) is 91.9 cm³/mol. The molecule has 0 unspecified atom stereocenters.